The summed E-state index contributed by atoms with van der Waals surface area (Å²) in [4.78, 5) is 3.48. The van der Waals surface area contributed by atoms with Gasteiger partial charge in [-0.2, -0.15) is 13.2 Å². The number of rotatable bonds is 1. The van der Waals surface area contributed by atoms with Crippen LogP contribution in [0.5, 0.6) is 0 Å². The van der Waals surface area contributed by atoms with Gasteiger partial charge in [0.15, 0.2) is 5.58 Å². The Morgan fingerprint density at radius 3 is 2.32 bits per heavy atom. The predicted molar refractivity (Wildman–Crippen MR) is 64.4 cm³/mol. The van der Waals surface area contributed by atoms with Crippen molar-refractivity contribution in [3.05, 3.63) is 54.4 Å². The summed E-state index contributed by atoms with van der Waals surface area (Å²) in [7, 11) is 0. The van der Waals surface area contributed by atoms with Crippen LogP contribution in [0.15, 0.2) is 52.9 Å². The number of hydrogen-bond donors (Lipinski definition) is 0. The molecule has 0 N–H and O–H groups in total. The molecule has 0 unspecified atom stereocenters. The van der Waals surface area contributed by atoms with Crippen molar-refractivity contribution < 1.29 is 17.6 Å². The molecule has 0 radical (unpaired) electrons. The predicted octanol–water partition coefficient (Wildman–Crippen LogP) is 4.51. The summed E-state index contributed by atoms with van der Waals surface area (Å²) in [5.74, 6) is -1.22. The van der Waals surface area contributed by atoms with Crippen LogP contribution in [0.1, 0.15) is 5.89 Å². The molecule has 1 heterocycles. The summed E-state index contributed by atoms with van der Waals surface area (Å²) in [6.45, 7) is 0. The van der Waals surface area contributed by atoms with Crippen molar-refractivity contribution in [2.45, 2.75) is 6.18 Å². The maximum Gasteiger partial charge on any atom is 0.468 e. The lowest BCUT2D eigenvalue weighted by Gasteiger charge is -1.99. The smallest absolute Gasteiger partial charge is 0.433 e. The molecule has 0 atom stereocenters. The second-order valence-corrected chi connectivity index (χ2v) is 4.07. The van der Waals surface area contributed by atoms with Crippen LogP contribution in [-0.4, -0.2) is 4.98 Å². The first-order valence-corrected chi connectivity index (χ1v) is 5.57. The van der Waals surface area contributed by atoms with Crippen LogP contribution in [0.2, 0.25) is 0 Å². The van der Waals surface area contributed by atoms with Gasteiger partial charge < -0.3 is 4.42 Å². The molecule has 0 aliphatic rings. The molecule has 5 heteroatoms. The highest BCUT2D eigenvalue weighted by molar-refractivity contribution is 5.80. The second kappa shape index (κ2) is 4.12. The van der Waals surface area contributed by atoms with Gasteiger partial charge in [0.1, 0.15) is 5.52 Å². The summed E-state index contributed by atoms with van der Waals surface area (Å²) < 4.78 is 42.2. The zero-order valence-electron chi connectivity index (χ0n) is 9.61. The number of aromatic nitrogens is 1. The minimum absolute atomic E-state index is 0.131. The van der Waals surface area contributed by atoms with Gasteiger partial charge in [-0.3, -0.25) is 0 Å². The van der Waals surface area contributed by atoms with E-state index in [0.717, 1.165) is 11.1 Å². The fraction of sp³-hybridized carbons (Fsp3) is 0.0714. The first kappa shape index (κ1) is 11.8. The van der Waals surface area contributed by atoms with Gasteiger partial charge in [0.2, 0.25) is 0 Å². The van der Waals surface area contributed by atoms with E-state index in [1.165, 1.54) is 6.07 Å². The normalized spacial score (nSPS) is 11.9. The monoisotopic (exact) mass is 263 g/mol. The molecule has 3 aromatic rings. The average Bonchev–Trinajstić information content (AvgIpc) is 2.82. The molecule has 2 aromatic carbocycles. The van der Waals surface area contributed by atoms with Crippen LogP contribution in [-0.2, 0) is 6.18 Å². The SMILES string of the molecule is FC(F)(F)c1nc2cc(-c3ccccc3)ccc2o1. The summed E-state index contributed by atoms with van der Waals surface area (Å²) in [6.07, 6.45) is -4.56. The lowest BCUT2D eigenvalue weighted by Crippen LogP contribution is -2.04. The molecule has 0 fully saturated rings. The van der Waals surface area contributed by atoms with Crippen molar-refractivity contribution in [2.24, 2.45) is 0 Å². The number of nitrogens with zero attached hydrogens (tertiary/aromatic N) is 1. The highest BCUT2D eigenvalue weighted by atomic mass is 19.4. The summed E-state index contributed by atoms with van der Waals surface area (Å²) in [5.41, 5.74) is 2.05. The zero-order chi connectivity index (χ0) is 13.5. The fourth-order valence-electron chi connectivity index (χ4n) is 1.86. The molecule has 3 rings (SSSR count). The van der Waals surface area contributed by atoms with Gasteiger partial charge in [-0.25, -0.2) is 4.98 Å². The molecule has 0 saturated carbocycles. The van der Waals surface area contributed by atoms with Gasteiger partial charge in [0.25, 0.3) is 0 Å². The van der Waals surface area contributed by atoms with Gasteiger partial charge in [-0.1, -0.05) is 36.4 Å². The van der Waals surface area contributed by atoms with E-state index in [4.69, 9.17) is 0 Å². The van der Waals surface area contributed by atoms with Crippen LogP contribution in [0.4, 0.5) is 13.2 Å². The largest absolute Gasteiger partial charge is 0.468 e. The van der Waals surface area contributed by atoms with Crippen LogP contribution in [0.3, 0.4) is 0 Å². The van der Waals surface area contributed by atoms with E-state index in [1.807, 2.05) is 30.3 Å². The summed E-state index contributed by atoms with van der Waals surface area (Å²) in [6, 6.07) is 14.2. The van der Waals surface area contributed by atoms with Crippen molar-refractivity contribution in [3.8, 4) is 11.1 Å². The number of fused-ring (bicyclic) bond motifs is 1. The van der Waals surface area contributed by atoms with Gasteiger partial charge in [-0.15, -0.1) is 0 Å². The van der Waals surface area contributed by atoms with Crippen molar-refractivity contribution in [1.82, 2.24) is 4.98 Å². The minimum Gasteiger partial charge on any atom is -0.433 e. The van der Waals surface area contributed by atoms with E-state index in [0.29, 0.717) is 0 Å². The van der Waals surface area contributed by atoms with Crippen molar-refractivity contribution in [3.63, 3.8) is 0 Å². The van der Waals surface area contributed by atoms with Crippen LogP contribution in [0, 0.1) is 0 Å². The Morgan fingerprint density at radius 2 is 1.63 bits per heavy atom. The second-order valence-electron chi connectivity index (χ2n) is 4.07. The number of halogens is 3. The first-order valence-electron chi connectivity index (χ1n) is 5.57. The molecule has 96 valence electrons. The average molecular weight is 263 g/mol. The third-order valence-corrected chi connectivity index (χ3v) is 2.74. The lowest BCUT2D eigenvalue weighted by molar-refractivity contribution is -0.156. The Balaban J connectivity index is 2.11. The quantitative estimate of drug-likeness (QED) is 0.645. The van der Waals surface area contributed by atoms with Crippen LogP contribution < -0.4 is 0 Å². The van der Waals surface area contributed by atoms with E-state index in [9.17, 15) is 13.2 Å². The van der Waals surface area contributed by atoms with Gasteiger partial charge in [0, 0.05) is 0 Å². The maximum atomic E-state index is 12.5. The number of hydrogen-bond acceptors (Lipinski definition) is 2. The molecular weight excluding hydrogens is 255 g/mol. The third kappa shape index (κ3) is 2.19. The van der Waals surface area contributed by atoms with E-state index < -0.39 is 12.1 Å². The van der Waals surface area contributed by atoms with Crippen molar-refractivity contribution in [1.29, 1.82) is 0 Å². The van der Waals surface area contributed by atoms with Crippen molar-refractivity contribution >= 4 is 11.1 Å². The van der Waals surface area contributed by atoms with E-state index in [-0.39, 0.29) is 11.1 Å². The topological polar surface area (TPSA) is 26.0 Å². The Kier molecular flexibility index (Phi) is 2.55. The fourth-order valence-corrected chi connectivity index (χ4v) is 1.86. The molecule has 0 bridgehead atoms. The molecule has 0 aliphatic carbocycles. The summed E-state index contributed by atoms with van der Waals surface area (Å²) >= 11 is 0. The molecule has 0 aliphatic heterocycles. The molecule has 2 nitrogen and oxygen atoms in total. The van der Waals surface area contributed by atoms with Crippen LogP contribution in [0.25, 0.3) is 22.2 Å². The van der Waals surface area contributed by atoms with Gasteiger partial charge in [-0.05, 0) is 23.3 Å². The number of alkyl halides is 3. The molecular formula is C14H8F3NO. The van der Waals surface area contributed by atoms with Gasteiger partial charge >= 0.3 is 12.1 Å². The highest BCUT2D eigenvalue weighted by Crippen LogP contribution is 2.32. The first-order chi connectivity index (χ1) is 9.04. The van der Waals surface area contributed by atoms with E-state index >= 15 is 0 Å². The lowest BCUT2D eigenvalue weighted by atomic mass is 10.1. The Labute approximate surface area is 106 Å². The molecule has 1 aromatic heterocycles. The Bertz CT molecular complexity index is 716. The Morgan fingerprint density at radius 1 is 0.895 bits per heavy atom. The number of oxazole rings is 1. The molecule has 0 amide bonds. The van der Waals surface area contributed by atoms with E-state index in [1.54, 1.807) is 12.1 Å². The summed E-state index contributed by atoms with van der Waals surface area (Å²) in [5, 5.41) is 0. The van der Waals surface area contributed by atoms with Crippen molar-refractivity contribution in [2.75, 3.05) is 0 Å². The van der Waals surface area contributed by atoms with E-state index in [2.05, 4.69) is 9.40 Å². The Hall–Kier alpha value is -2.30. The number of benzene rings is 2. The zero-order valence-corrected chi connectivity index (χ0v) is 9.61. The highest BCUT2D eigenvalue weighted by Gasteiger charge is 2.37. The third-order valence-electron chi connectivity index (χ3n) is 2.74. The standard InChI is InChI=1S/C14H8F3NO/c15-14(16,17)13-18-11-8-10(6-7-12(11)19-13)9-4-2-1-3-5-9/h1-8H. The minimum atomic E-state index is -4.56. The molecule has 19 heavy (non-hydrogen) atoms. The maximum absolute atomic E-state index is 12.5. The van der Waals surface area contributed by atoms with Crippen LogP contribution >= 0.6 is 0 Å². The molecule has 0 saturated heterocycles. The van der Waals surface area contributed by atoms with Gasteiger partial charge in [0.05, 0.1) is 0 Å². The molecule has 0 spiro atoms.